The number of carbonyl (C=O) groups excluding carboxylic acids is 2. The lowest BCUT2D eigenvalue weighted by Crippen LogP contribution is -2.45. The zero-order chi connectivity index (χ0) is 14.4. The van der Waals surface area contributed by atoms with Crippen molar-refractivity contribution in [2.75, 3.05) is 0 Å². The third-order valence-electron chi connectivity index (χ3n) is 2.43. The summed E-state index contributed by atoms with van der Waals surface area (Å²) in [5, 5.41) is 13.0. The maximum Gasteiger partial charge on any atom is 0.326 e. The van der Waals surface area contributed by atoms with Crippen molar-refractivity contribution in [3.05, 3.63) is 22.4 Å². The molecule has 104 valence electrons. The van der Waals surface area contributed by atoms with Crippen molar-refractivity contribution in [3.8, 4) is 0 Å². The zero-order valence-corrected chi connectivity index (χ0v) is 10.9. The van der Waals surface area contributed by atoms with E-state index < -0.39 is 29.9 Å². The average molecular weight is 285 g/mol. The highest BCUT2D eigenvalue weighted by Gasteiger charge is 2.24. The first kappa shape index (κ1) is 15.1. The molecule has 0 radical (unpaired) electrons. The van der Waals surface area contributed by atoms with E-state index in [9.17, 15) is 14.4 Å². The molecular formula is C11H15N3O4S. The number of carboxylic acid groups (broad SMARTS) is 1. The molecule has 0 aromatic carbocycles. The van der Waals surface area contributed by atoms with Gasteiger partial charge in [-0.1, -0.05) is 6.07 Å². The zero-order valence-electron chi connectivity index (χ0n) is 10.0. The van der Waals surface area contributed by atoms with Crippen LogP contribution in [-0.4, -0.2) is 28.9 Å². The molecule has 2 unspecified atom stereocenters. The third-order valence-corrected chi connectivity index (χ3v) is 3.38. The van der Waals surface area contributed by atoms with Gasteiger partial charge >= 0.3 is 5.97 Å². The Kier molecular flexibility index (Phi) is 5.46. The Morgan fingerprint density at radius 1 is 1.42 bits per heavy atom. The predicted molar refractivity (Wildman–Crippen MR) is 69.2 cm³/mol. The quantitative estimate of drug-likeness (QED) is 0.539. The molecule has 0 saturated heterocycles. The van der Waals surface area contributed by atoms with Crippen LogP contribution in [-0.2, 0) is 14.4 Å². The summed E-state index contributed by atoms with van der Waals surface area (Å²) in [4.78, 5) is 34.0. The Hall–Kier alpha value is -1.93. The van der Waals surface area contributed by atoms with Crippen LogP contribution in [0.2, 0.25) is 0 Å². The van der Waals surface area contributed by atoms with Crippen LogP contribution >= 0.6 is 11.3 Å². The first-order valence-corrected chi connectivity index (χ1v) is 6.40. The predicted octanol–water partition coefficient (Wildman–Crippen LogP) is -0.417. The Morgan fingerprint density at radius 2 is 2.11 bits per heavy atom. The number of amides is 2. The van der Waals surface area contributed by atoms with Gasteiger partial charge in [0.2, 0.25) is 11.8 Å². The van der Waals surface area contributed by atoms with E-state index >= 15 is 0 Å². The highest BCUT2D eigenvalue weighted by molar-refractivity contribution is 7.10. The highest BCUT2D eigenvalue weighted by atomic mass is 32.1. The molecule has 19 heavy (non-hydrogen) atoms. The number of carbonyl (C=O) groups is 3. The van der Waals surface area contributed by atoms with Gasteiger partial charge in [0.05, 0.1) is 0 Å². The van der Waals surface area contributed by atoms with Crippen molar-refractivity contribution in [1.82, 2.24) is 5.32 Å². The van der Waals surface area contributed by atoms with Crippen LogP contribution in [0.15, 0.2) is 17.5 Å². The van der Waals surface area contributed by atoms with Gasteiger partial charge in [0.1, 0.15) is 12.1 Å². The molecule has 8 heteroatoms. The van der Waals surface area contributed by atoms with Crippen molar-refractivity contribution < 1.29 is 19.5 Å². The minimum Gasteiger partial charge on any atom is -0.480 e. The van der Waals surface area contributed by atoms with Crippen LogP contribution < -0.4 is 16.8 Å². The summed E-state index contributed by atoms with van der Waals surface area (Å²) in [5.74, 6) is -2.45. The van der Waals surface area contributed by atoms with E-state index in [-0.39, 0.29) is 12.8 Å². The molecule has 0 aliphatic rings. The second kappa shape index (κ2) is 6.86. The molecule has 0 fully saturated rings. The summed E-state index contributed by atoms with van der Waals surface area (Å²) in [5.41, 5.74) is 10.6. The van der Waals surface area contributed by atoms with Gasteiger partial charge in [0.15, 0.2) is 0 Å². The number of thiophene rings is 1. The average Bonchev–Trinajstić information content (AvgIpc) is 2.86. The summed E-state index contributed by atoms with van der Waals surface area (Å²) in [6, 6.07) is 1.34. The second-order valence-electron chi connectivity index (χ2n) is 3.90. The summed E-state index contributed by atoms with van der Waals surface area (Å²) < 4.78 is 0. The number of nitrogens with two attached hydrogens (primary N) is 2. The summed E-state index contributed by atoms with van der Waals surface area (Å²) in [7, 11) is 0. The molecule has 0 aliphatic heterocycles. The largest absolute Gasteiger partial charge is 0.480 e. The lowest BCUT2D eigenvalue weighted by atomic mass is 10.1. The van der Waals surface area contributed by atoms with E-state index in [4.69, 9.17) is 16.6 Å². The van der Waals surface area contributed by atoms with Gasteiger partial charge in [-0.25, -0.2) is 4.79 Å². The third kappa shape index (κ3) is 4.68. The van der Waals surface area contributed by atoms with Crippen LogP contribution in [0.1, 0.15) is 23.8 Å². The van der Waals surface area contributed by atoms with Crippen LogP contribution in [0.5, 0.6) is 0 Å². The molecule has 2 amide bonds. The molecule has 1 aromatic heterocycles. The first-order valence-electron chi connectivity index (χ1n) is 5.52. The van der Waals surface area contributed by atoms with Crippen molar-refractivity contribution >= 4 is 29.1 Å². The number of hydrogen-bond acceptors (Lipinski definition) is 5. The first-order chi connectivity index (χ1) is 8.91. The fraction of sp³-hybridized carbons (Fsp3) is 0.364. The van der Waals surface area contributed by atoms with Gasteiger partial charge in [-0.3, -0.25) is 9.59 Å². The van der Waals surface area contributed by atoms with E-state index in [2.05, 4.69) is 5.32 Å². The van der Waals surface area contributed by atoms with Gasteiger partial charge in [-0.05, 0) is 17.9 Å². The van der Waals surface area contributed by atoms with Crippen LogP contribution in [0.3, 0.4) is 0 Å². The Balaban J connectivity index is 2.61. The molecule has 2 atom stereocenters. The number of rotatable bonds is 7. The van der Waals surface area contributed by atoms with E-state index in [1.165, 1.54) is 11.3 Å². The van der Waals surface area contributed by atoms with E-state index in [0.717, 1.165) is 0 Å². The number of hydrogen-bond donors (Lipinski definition) is 4. The Bertz CT molecular complexity index is 461. The van der Waals surface area contributed by atoms with Gasteiger partial charge in [-0.15, -0.1) is 11.3 Å². The minimum absolute atomic E-state index is 0.0619. The number of aliphatic carboxylic acids is 1. The van der Waals surface area contributed by atoms with Gasteiger partial charge in [0, 0.05) is 11.3 Å². The molecule has 1 aromatic rings. The molecule has 0 saturated carbocycles. The lowest BCUT2D eigenvalue weighted by Gasteiger charge is -2.16. The highest BCUT2D eigenvalue weighted by Crippen LogP contribution is 2.17. The molecule has 6 N–H and O–H groups in total. The van der Waals surface area contributed by atoms with Gasteiger partial charge in [-0.2, -0.15) is 0 Å². The maximum absolute atomic E-state index is 11.8. The molecule has 7 nitrogen and oxygen atoms in total. The topological polar surface area (TPSA) is 136 Å². The molecule has 0 bridgehead atoms. The fourth-order valence-electron chi connectivity index (χ4n) is 1.40. The van der Waals surface area contributed by atoms with Crippen LogP contribution in [0, 0.1) is 0 Å². The maximum atomic E-state index is 11.8. The van der Waals surface area contributed by atoms with Crippen molar-refractivity contribution in [3.63, 3.8) is 0 Å². The van der Waals surface area contributed by atoms with Crippen molar-refractivity contribution in [2.24, 2.45) is 11.5 Å². The molecular weight excluding hydrogens is 270 g/mol. The lowest BCUT2D eigenvalue weighted by molar-refractivity contribution is -0.142. The summed E-state index contributed by atoms with van der Waals surface area (Å²) >= 11 is 1.31. The van der Waals surface area contributed by atoms with Crippen molar-refractivity contribution in [1.29, 1.82) is 0 Å². The Labute approximate surface area is 113 Å². The van der Waals surface area contributed by atoms with Crippen molar-refractivity contribution in [2.45, 2.75) is 24.9 Å². The number of nitrogens with one attached hydrogen (secondary N) is 1. The second-order valence-corrected chi connectivity index (χ2v) is 4.88. The monoisotopic (exact) mass is 285 g/mol. The molecule has 1 rings (SSSR count). The number of carboxylic acids is 1. The Morgan fingerprint density at radius 3 is 2.58 bits per heavy atom. The summed E-state index contributed by atoms with van der Waals surface area (Å²) in [6.07, 6.45) is -0.181. The number of primary amides is 1. The molecule has 1 heterocycles. The smallest absolute Gasteiger partial charge is 0.326 e. The molecule has 0 spiro atoms. The normalized spacial score (nSPS) is 13.5. The van der Waals surface area contributed by atoms with E-state index in [1.807, 2.05) is 0 Å². The fourth-order valence-corrected chi connectivity index (χ4v) is 2.13. The summed E-state index contributed by atoms with van der Waals surface area (Å²) in [6.45, 7) is 0. The molecule has 0 aliphatic carbocycles. The van der Waals surface area contributed by atoms with Crippen LogP contribution in [0.25, 0.3) is 0 Å². The minimum atomic E-state index is -1.23. The van der Waals surface area contributed by atoms with E-state index in [1.54, 1.807) is 17.5 Å². The standard InChI is InChI=1S/C11H15N3O4S/c12-8(15)4-3-6(11(17)18)14-10(16)9(13)7-2-1-5-19-7/h1-2,5-6,9H,3-4,13H2,(H2,12,15)(H,14,16)(H,17,18). The van der Waals surface area contributed by atoms with Gasteiger partial charge in [0.25, 0.3) is 0 Å². The van der Waals surface area contributed by atoms with Gasteiger partial charge < -0.3 is 21.9 Å². The van der Waals surface area contributed by atoms with Crippen LogP contribution in [0.4, 0.5) is 0 Å². The SMILES string of the molecule is NC(=O)CCC(NC(=O)C(N)c1cccs1)C(=O)O. The van der Waals surface area contributed by atoms with E-state index in [0.29, 0.717) is 4.88 Å².